The number of carbonyl (C=O) groups is 2. The Balaban J connectivity index is 3.46. The second-order valence-corrected chi connectivity index (χ2v) is 3.29. The van der Waals surface area contributed by atoms with E-state index < -0.39 is 11.9 Å². The van der Waals surface area contributed by atoms with Crippen molar-refractivity contribution in [2.75, 3.05) is 13.1 Å². The molecule has 2 amide bonds. The summed E-state index contributed by atoms with van der Waals surface area (Å²) in [5.74, 6) is -1.28. The first-order valence-corrected chi connectivity index (χ1v) is 4.93. The number of rotatable bonds is 7. The van der Waals surface area contributed by atoms with E-state index in [1.807, 2.05) is 0 Å². The van der Waals surface area contributed by atoms with Gasteiger partial charge in [0.15, 0.2) is 0 Å². The van der Waals surface area contributed by atoms with E-state index >= 15 is 0 Å². The molecule has 1 unspecified atom stereocenters. The smallest absolute Gasteiger partial charge is 0.314 e. The minimum Gasteiger partial charge on any atom is -0.481 e. The van der Waals surface area contributed by atoms with Crippen LogP contribution < -0.4 is 10.6 Å². The van der Waals surface area contributed by atoms with E-state index in [4.69, 9.17) is 5.11 Å². The van der Waals surface area contributed by atoms with Crippen LogP contribution >= 0.6 is 0 Å². The van der Waals surface area contributed by atoms with Gasteiger partial charge in [-0.3, -0.25) is 4.79 Å². The average molecular weight is 214 g/mol. The van der Waals surface area contributed by atoms with E-state index in [2.05, 4.69) is 17.2 Å². The molecule has 3 N–H and O–H groups in total. The minimum absolute atomic E-state index is 0.269. The highest BCUT2D eigenvalue weighted by molar-refractivity contribution is 5.74. The van der Waals surface area contributed by atoms with Crippen LogP contribution in [0, 0.1) is 5.92 Å². The quantitative estimate of drug-likeness (QED) is 0.436. The fourth-order valence-corrected chi connectivity index (χ4v) is 0.876. The van der Waals surface area contributed by atoms with Crippen molar-refractivity contribution < 1.29 is 14.7 Å². The van der Waals surface area contributed by atoms with Gasteiger partial charge in [0.05, 0.1) is 5.92 Å². The lowest BCUT2D eigenvalue weighted by Crippen LogP contribution is -2.37. The molecule has 5 nitrogen and oxygen atoms in total. The highest BCUT2D eigenvalue weighted by Gasteiger charge is 2.10. The van der Waals surface area contributed by atoms with Crippen LogP contribution in [0.3, 0.4) is 0 Å². The van der Waals surface area contributed by atoms with Crippen LogP contribution in [-0.2, 0) is 4.79 Å². The molecular weight excluding hydrogens is 196 g/mol. The third kappa shape index (κ3) is 7.54. The Morgan fingerprint density at radius 3 is 2.53 bits per heavy atom. The van der Waals surface area contributed by atoms with Crippen molar-refractivity contribution >= 4 is 12.0 Å². The topological polar surface area (TPSA) is 78.4 Å². The molecule has 0 aromatic heterocycles. The van der Waals surface area contributed by atoms with Crippen LogP contribution in [0.5, 0.6) is 0 Å². The predicted octanol–water partition coefficient (Wildman–Crippen LogP) is 0.972. The van der Waals surface area contributed by atoms with Crippen LogP contribution in [0.4, 0.5) is 4.79 Å². The Kier molecular flexibility index (Phi) is 7.05. The van der Waals surface area contributed by atoms with E-state index in [9.17, 15) is 9.59 Å². The molecule has 0 fully saturated rings. The summed E-state index contributed by atoms with van der Waals surface area (Å²) in [4.78, 5) is 21.5. The summed E-state index contributed by atoms with van der Waals surface area (Å²) in [5.41, 5.74) is 0. The standard InChI is InChI=1S/C10H18N2O3/c1-3-4-6-11-10(15)12-7-5-8(2)9(13)14/h3,8H,1,4-7H2,2H3,(H,13,14)(H2,11,12,15). The molecule has 1 atom stereocenters. The van der Waals surface area contributed by atoms with E-state index in [0.717, 1.165) is 6.42 Å². The summed E-state index contributed by atoms with van der Waals surface area (Å²) in [5, 5.41) is 13.8. The lowest BCUT2D eigenvalue weighted by atomic mass is 10.1. The van der Waals surface area contributed by atoms with Crippen molar-refractivity contribution in [1.82, 2.24) is 10.6 Å². The molecule has 0 rings (SSSR count). The fourth-order valence-electron chi connectivity index (χ4n) is 0.876. The number of carbonyl (C=O) groups excluding carboxylic acids is 1. The Morgan fingerprint density at radius 2 is 2.00 bits per heavy atom. The van der Waals surface area contributed by atoms with Gasteiger partial charge in [0, 0.05) is 13.1 Å². The van der Waals surface area contributed by atoms with Crippen LogP contribution in [0.2, 0.25) is 0 Å². The second-order valence-electron chi connectivity index (χ2n) is 3.29. The molecule has 15 heavy (non-hydrogen) atoms. The minimum atomic E-state index is -0.844. The highest BCUT2D eigenvalue weighted by Crippen LogP contribution is 1.99. The first kappa shape index (κ1) is 13.5. The summed E-state index contributed by atoms with van der Waals surface area (Å²) in [7, 11) is 0. The Hall–Kier alpha value is -1.52. The fraction of sp³-hybridized carbons (Fsp3) is 0.600. The molecule has 0 spiro atoms. The third-order valence-corrected chi connectivity index (χ3v) is 1.92. The molecule has 0 saturated carbocycles. The van der Waals surface area contributed by atoms with Crippen molar-refractivity contribution in [1.29, 1.82) is 0 Å². The van der Waals surface area contributed by atoms with Gasteiger partial charge in [0.1, 0.15) is 0 Å². The second kappa shape index (κ2) is 7.84. The number of carboxylic acid groups (broad SMARTS) is 1. The average Bonchev–Trinajstić information content (AvgIpc) is 2.18. The van der Waals surface area contributed by atoms with Gasteiger partial charge in [0.2, 0.25) is 0 Å². The third-order valence-electron chi connectivity index (χ3n) is 1.92. The molecule has 86 valence electrons. The van der Waals surface area contributed by atoms with Gasteiger partial charge in [-0.2, -0.15) is 0 Å². The van der Waals surface area contributed by atoms with E-state index in [1.54, 1.807) is 13.0 Å². The Labute approximate surface area is 89.6 Å². The Morgan fingerprint density at radius 1 is 1.40 bits per heavy atom. The highest BCUT2D eigenvalue weighted by atomic mass is 16.4. The van der Waals surface area contributed by atoms with E-state index in [-0.39, 0.29) is 6.03 Å². The van der Waals surface area contributed by atoms with Crippen LogP contribution in [-0.4, -0.2) is 30.2 Å². The summed E-state index contributed by atoms with van der Waals surface area (Å²) < 4.78 is 0. The van der Waals surface area contributed by atoms with Crippen molar-refractivity contribution in [3.8, 4) is 0 Å². The van der Waals surface area contributed by atoms with Gasteiger partial charge in [-0.15, -0.1) is 6.58 Å². The van der Waals surface area contributed by atoms with E-state index in [1.165, 1.54) is 0 Å². The van der Waals surface area contributed by atoms with Crippen LogP contribution in [0.15, 0.2) is 12.7 Å². The maximum absolute atomic E-state index is 11.1. The van der Waals surface area contributed by atoms with Crippen LogP contribution in [0.1, 0.15) is 19.8 Å². The van der Waals surface area contributed by atoms with Gasteiger partial charge < -0.3 is 15.7 Å². The largest absolute Gasteiger partial charge is 0.481 e. The number of carboxylic acids is 1. The zero-order valence-electron chi connectivity index (χ0n) is 8.95. The SMILES string of the molecule is C=CCCNC(=O)NCCC(C)C(=O)O. The molecule has 0 aliphatic heterocycles. The van der Waals surface area contributed by atoms with Crippen molar-refractivity contribution in [3.63, 3.8) is 0 Å². The first-order chi connectivity index (χ1) is 7.07. The summed E-state index contributed by atoms with van der Waals surface area (Å²) in [6.45, 7) is 6.05. The molecule has 0 aromatic rings. The summed E-state index contributed by atoms with van der Waals surface area (Å²) in [6.07, 6.45) is 2.87. The van der Waals surface area contributed by atoms with Gasteiger partial charge in [-0.1, -0.05) is 13.0 Å². The van der Waals surface area contributed by atoms with Crippen molar-refractivity contribution in [3.05, 3.63) is 12.7 Å². The predicted molar refractivity (Wildman–Crippen MR) is 57.6 cm³/mol. The molecule has 0 heterocycles. The van der Waals surface area contributed by atoms with Gasteiger partial charge in [-0.05, 0) is 12.8 Å². The number of urea groups is 1. The van der Waals surface area contributed by atoms with Crippen molar-refractivity contribution in [2.24, 2.45) is 5.92 Å². The monoisotopic (exact) mass is 214 g/mol. The van der Waals surface area contributed by atoms with Crippen molar-refractivity contribution in [2.45, 2.75) is 19.8 Å². The maximum Gasteiger partial charge on any atom is 0.314 e. The van der Waals surface area contributed by atoms with Crippen LogP contribution in [0.25, 0.3) is 0 Å². The zero-order chi connectivity index (χ0) is 11.7. The number of amides is 2. The van der Waals surface area contributed by atoms with Gasteiger partial charge in [-0.25, -0.2) is 4.79 Å². The maximum atomic E-state index is 11.1. The number of aliphatic carboxylic acids is 1. The number of hydrogen-bond donors (Lipinski definition) is 3. The molecule has 0 radical (unpaired) electrons. The number of hydrogen-bond acceptors (Lipinski definition) is 2. The van der Waals surface area contributed by atoms with Gasteiger partial charge in [0.25, 0.3) is 0 Å². The molecular formula is C10H18N2O3. The summed E-state index contributed by atoms with van der Waals surface area (Å²) in [6, 6.07) is -0.269. The lowest BCUT2D eigenvalue weighted by Gasteiger charge is -2.08. The van der Waals surface area contributed by atoms with E-state index in [0.29, 0.717) is 19.5 Å². The lowest BCUT2D eigenvalue weighted by molar-refractivity contribution is -0.141. The normalized spacial score (nSPS) is 11.5. The first-order valence-electron chi connectivity index (χ1n) is 4.93. The molecule has 0 saturated heterocycles. The molecule has 0 aliphatic carbocycles. The number of nitrogens with one attached hydrogen (secondary N) is 2. The molecule has 0 aromatic carbocycles. The Bertz CT molecular complexity index is 229. The molecule has 0 bridgehead atoms. The molecule has 5 heteroatoms. The van der Waals surface area contributed by atoms with Gasteiger partial charge >= 0.3 is 12.0 Å². The zero-order valence-corrected chi connectivity index (χ0v) is 8.95. The molecule has 0 aliphatic rings. The summed E-state index contributed by atoms with van der Waals surface area (Å²) >= 11 is 0.